The lowest BCUT2D eigenvalue weighted by Crippen LogP contribution is -2.12. The predicted octanol–water partition coefficient (Wildman–Crippen LogP) is 4.36. The molecule has 6 heteroatoms. The molecule has 0 bridgehead atoms. The second-order valence-corrected chi connectivity index (χ2v) is 7.14. The van der Waals surface area contributed by atoms with E-state index in [4.69, 9.17) is 9.15 Å². The van der Waals surface area contributed by atoms with Crippen LogP contribution < -0.4 is 5.32 Å². The third-order valence-electron chi connectivity index (χ3n) is 4.21. The Balaban J connectivity index is 1.82. The fourth-order valence-electron chi connectivity index (χ4n) is 3.00. The van der Waals surface area contributed by atoms with Gasteiger partial charge in [0.15, 0.2) is 0 Å². The van der Waals surface area contributed by atoms with Crippen LogP contribution in [0.2, 0.25) is 0 Å². The molecule has 0 atom stereocenters. The number of furan rings is 1. The van der Waals surface area contributed by atoms with Gasteiger partial charge >= 0.3 is 5.97 Å². The Morgan fingerprint density at radius 3 is 2.76 bits per heavy atom. The van der Waals surface area contributed by atoms with Crippen LogP contribution in [0.4, 0.5) is 5.00 Å². The number of thiophene rings is 1. The first-order valence-corrected chi connectivity index (χ1v) is 9.18. The number of anilines is 1. The Kier molecular flexibility index (Phi) is 5.38. The van der Waals surface area contributed by atoms with Gasteiger partial charge in [-0.25, -0.2) is 4.79 Å². The van der Waals surface area contributed by atoms with E-state index in [9.17, 15) is 9.59 Å². The van der Waals surface area contributed by atoms with E-state index in [1.807, 2.05) is 13.0 Å². The summed E-state index contributed by atoms with van der Waals surface area (Å²) in [6.45, 7) is 1.85. The molecular formula is C19H21NO4S. The molecule has 25 heavy (non-hydrogen) atoms. The minimum Gasteiger partial charge on any atom is -0.465 e. The molecule has 2 aromatic heterocycles. The van der Waals surface area contributed by atoms with Crippen LogP contribution in [0.5, 0.6) is 0 Å². The van der Waals surface area contributed by atoms with Crippen LogP contribution in [0, 0.1) is 6.92 Å². The van der Waals surface area contributed by atoms with Crippen molar-refractivity contribution >= 4 is 34.3 Å². The molecule has 3 rings (SSSR count). The second-order valence-electron chi connectivity index (χ2n) is 6.03. The summed E-state index contributed by atoms with van der Waals surface area (Å²) in [6, 6.07) is 3.63. The Labute approximate surface area is 150 Å². The number of carbonyl (C=O) groups is 2. The van der Waals surface area contributed by atoms with Crippen molar-refractivity contribution < 1.29 is 18.7 Å². The van der Waals surface area contributed by atoms with Crippen molar-refractivity contribution in [3.05, 3.63) is 45.7 Å². The van der Waals surface area contributed by atoms with E-state index < -0.39 is 0 Å². The average molecular weight is 359 g/mol. The van der Waals surface area contributed by atoms with E-state index in [-0.39, 0.29) is 11.9 Å². The van der Waals surface area contributed by atoms with Gasteiger partial charge in [0, 0.05) is 11.0 Å². The summed E-state index contributed by atoms with van der Waals surface area (Å²) in [5.74, 6) is 0.716. The van der Waals surface area contributed by atoms with Crippen molar-refractivity contribution in [3.8, 4) is 0 Å². The lowest BCUT2D eigenvalue weighted by atomic mass is 10.1. The summed E-state index contributed by atoms with van der Waals surface area (Å²) in [4.78, 5) is 25.7. The van der Waals surface area contributed by atoms with Crippen LogP contribution in [0.15, 0.2) is 22.6 Å². The Morgan fingerprint density at radius 1 is 1.24 bits per heavy atom. The Hall–Kier alpha value is -2.34. The third-order valence-corrected chi connectivity index (χ3v) is 5.41. The molecule has 0 saturated carbocycles. The summed E-state index contributed by atoms with van der Waals surface area (Å²) in [5.41, 5.74) is 1.55. The summed E-state index contributed by atoms with van der Waals surface area (Å²) in [5, 5.41) is 3.40. The molecule has 1 amide bonds. The molecule has 0 saturated heterocycles. The number of esters is 1. The molecule has 1 aliphatic rings. The van der Waals surface area contributed by atoms with Crippen molar-refractivity contribution in [1.82, 2.24) is 0 Å². The number of hydrogen-bond acceptors (Lipinski definition) is 5. The number of aryl methyl sites for hydroxylation is 2. The first kappa shape index (κ1) is 17.5. The molecule has 0 aliphatic heterocycles. The third kappa shape index (κ3) is 4.02. The minimum absolute atomic E-state index is 0.296. The molecule has 2 aromatic rings. The molecule has 2 heterocycles. The van der Waals surface area contributed by atoms with Crippen LogP contribution in [-0.4, -0.2) is 19.0 Å². The van der Waals surface area contributed by atoms with E-state index >= 15 is 0 Å². The predicted molar refractivity (Wildman–Crippen MR) is 98.0 cm³/mol. The fraction of sp³-hybridized carbons (Fsp3) is 0.368. The maximum Gasteiger partial charge on any atom is 0.341 e. The summed E-state index contributed by atoms with van der Waals surface area (Å²) in [7, 11) is 1.37. The summed E-state index contributed by atoms with van der Waals surface area (Å²) in [6.07, 6.45) is 8.14. The van der Waals surface area contributed by atoms with Crippen molar-refractivity contribution in [1.29, 1.82) is 0 Å². The maximum atomic E-state index is 12.3. The zero-order valence-corrected chi connectivity index (χ0v) is 15.2. The topological polar surface area (TPSA) is 68.5 Å². The molecule has 0 radical (unpaired) electrons. The number of fused-ring (bicyclic) bond motifs is 1. The van der Waals surface area contributed by atoms with Gasteiger partial charge in [-0.15, -0.1) is 11.3 Å². The number of nitrogens with one attached hydrogen (secondary N) is 1. The van der Waals surface area contributed by atoms with E-state index in [2.05, 4.69) is 5.32 Å². The molecule has 1 N–H and O–H groups in total. The monoisotopic (exact) mass is 359 g/mol. The molecule has 1 aliphatic carbocycles. The van der Waals surface area contributed by atoms with Gasteiger partial charge in [0.05, 0.1) is 12.7 Å². The highest BCUT2D eigenvalue weighted by Gasteiger charge is 2.25. The van der Waals surface area contributed by atoms with E-state index in [1.54, 1.807) is 12.1 Å². The maximum absolute atomic E-state index is 12.3. The van der Waals surface area contributed by atoms with E-state index in [1.165, 1.54) is 29.4 Å². The highest BCUT2D eigenvalue weighted by atomic mass is 32.1. The highest BCUT2D eigenvalue weighted by Crippen LogP contribution is 2.37. The Bertz CT molecular complexity index is 816. The molecule has 0 aromatic carbocycles. The van der Waals surface area contributed by atoms with Crippen molar-refractivity contribution in [2.45, 2.75) is 39.0 Å². The number of methoxy groups -OCH3 is 1. The van der Waals surface area contributed by atoms with Gasteiger partial charge in [-0.1, -0.05) is 6.42 Å². The average Bonchev–Trinajstić information content (AvgIpc) is 3.08. The van der Waals surface area contributed by atoms with Crippen LogP contribution in [0.25, 0.3) is 6.08 Å². The first-order chi connectivity index (χ1) is 12.1. The van der Waals surface area contributed by atoms with E-state index in [0.29, 0.717) is 16.3 Å². The van der Waals surface area contributed by atoms with Crippen molar-refractivity contribution in [3.63, 3.8) is 0 Å². The number of rotatable bonds is 4. The number of carbonyl (C=O) groups excluding carboxylic acids is 2. The normalized spacial score (nSPS) is 14.2. The standard InChI is InChI=1S/C19H21NO4S/c1-12-8-9-13(24-12)10-11-16(21)20-18-17(19(22)23-2)14-6-4-3-5-7-15(14)25-18/h8-11H,3-7H2,1-2H3,(H,20,21)/b11-10-. The SMILES string of the molecule is COC(=O)c1c(NC(=O)/C=C\c2ccc(C)o2)sc2c1CCCCC2. The lowest BCUT2D eigenvalue weighted by molar-refractivity contribution is -0.111. The quantitative estimate of drug-likeness (QED) is 0.500. The van der Waals surface area contributed by atoms with Gasteiger partial charge in [-0.05, 0) is 56.4 Å². The van der Waals surface area contributed by atoms with E-state index in [0.717, 1.165) is 43.4 Å². The van der Waals surface area contributed by atoms with Crippen LogP contribution >= 0.6 is 11.3 Å². The van der Waals surface area contributed by atoms with Gasteiger partial charge in [0.25, 0.3) is 0 Å². The number of amides is 1. The fourth-order valence-corrected chi connectivity index (χ4v) is 4.28. The minimum atomic E-state index is -0.389. The van der Waals surface area contributed by atoms with Gasteiger partial charge in [0.2, 0.25) is 5.91 Å². The van der Waals surface area contributed by atoms with Gasteiger partial charge in [-0.2, -0.15) is 0 Å². The number of ether oxygens (including phenoxy) is 1. The van der Waals surface area contributed by atoms with Crippen LogP contribution in [-0.2, 0) is 22.4 Å². The van der Waals surface area contributed by atoms with Crippen molar-refractivity contribution in [2.75, 3.05) is 12.4 Å². The summed E-state index contributed by atoms with van der Waals surface area (Å²) < 4.78 is 10.3. The zero-order valence-electron chi connectivity index (χ0n) is 14.4. The molecule has 0 unspecified atom stereocenters. The lowest BCUT2D eigenvalue weighted by Gasteiger charge is -2.06. The second kappa shape index (κ2) is 7.70. The molecular weight excluding hydrogens is 338 g/mol. The van der Waals surface area contributed by atoms with Crippen LogP contribution in [0.3, 0.4) is 0 Å². The summed E-state index contributed by atoms with van der Waals surface area (Å²) >= 11 is 1.48. The Morgan fingerprint density at radius 2 is 2.04 bits per heavy atom. The van der Waals surface area contributed by atoms with Crippen LogP contribution in [0.1, 0.15) is 51.6 Å². The van der Waals surface area contributed by atoms with Crippen molar-refractivity contribution in [2.24, 2.45) is 0 Å². The zero-order chi connectivity index (χ0) is 17.8. The molecule has 0 spiro atoms. The largest absolute Gasteiger partial charge is 0.465 e. The molecule has 5 nitrogen and oxygen atoms in total. The van der Waals surface area contributed by atoms with Gasteiger partial charge < -0.3 is 14.5 Å². The highest BCUT2D eigenvalue weighted by molar-refractivity contribution is 7.17. The van der Waals surface area contributed by atoms with Gasteiger partial charge in [0.1, 0.15) is 16.5 Å². The number of hydrogen-bond donors (Lipinski definition) is 1. The molecule has 0 fully saturated rings. The first-order valence-electron chi connectivity index (χ1n) is 8.37. The molecule has 132 valence electrons. The van der Waals surface area contributed by atoms with Gasteiger partial charge in [-0.3, -0.25) is 4.79 Å². The smallest absolute Gasteiger partial charge is 0.341 e.